The van der Waals surface area contributed by atoms with Crippen molar-refractivity contribution >= 4 is 197 Å². The van der Waals surface area contributed by atoms with Gasteiger partial charge in [-0.05, 0) is 238 Å². The number of aryl methyl sites for hydroxylation is 3. The van der Waals surface area contributed by atoms with Crippen LogP contribution in [0.2, 0.25) is 0 Å². The molecular formula is C116H72IrN7O8. The van der Waals surface area contributed by atoms with Crippen molar-refractivity contribution in [3.8, 4) is 56.3 Å². The first-order valence-electron chi connectivity index (χ1n) is 43.3. The number of hydrogen-bond acceptors (Lipinski definition) is 11. The van der Waals surface area contributed by atoms with Gasteiger partial charge in [0.15, 0.2) is 0 Å². The molecule has 11 aromatic heterocycles. The second kappa shape index (κ2) is 31.5. The maximum absolute atomic E-state index is 13.1. The van der Waals surface area contributed by atoms with E-state index in [-0.39, 0.29) is 20.1 Å². The molecule has 15 nitrogen and oxygen atoms in total. The largest absolute Gasteiger partial charge is 3.00 e. The van der Waals surface area contributed by atoms with Gasteiger partial charge in [0, 0.05) is 95.7 Å². The summed E-state index contributed by atoms with van der Waals surface area (Å²) < 4.78 is 49.5. The van der Waals surface area contributed by atoms with Gasteiger partial charge in [0.05, 0.1) is 34.7 Å². The third-order valence-electron chi connectivity index (χ3n) is 25.4. The number of methoxy groups -OCH3 is 1. The Bertz CT molecular complexity index is 9530. The van der Waals surface area contributed by atoms with E-state index < -0.39 is 6.16 Å². The molecule has 0 saturated heterocycles. The molecule has 0 aliphatic heterocycles. The number of para-hydroxylation sites is 2. The van der Waals surface area contributed by atoms with Crippen LogP contribution in [0.15, 0.2) is 382 Å². The molecule has 0 atom stereocenters. The van der Waals surface area contributed by atoms with Crippen molar-refractivity contribution in [3.05, 3.63) is 399 Å². The van der Waals surface area contributed by atoms with Crippen molar-refractivity contribution in [2.75, 3.05) is 7.11 Å². The Balaban J connectivity index is 0.000000119. The summed E-state index contributed by atoms with van der Waals surface area (Å²) in [6, 6.07) is 128. The zero-order chi connectivity index (χ0) is 87.2. The second-order valence-corrected chi connectivity index (χ2v) is 33.4. The number of fused-ring (bicyclic) bond motifs is 33. The molecule has 628 valence electrons. The molecule has 0 saturated carbocycles. The molecule has 0 aliphatic rings. The summed E-state index contributed by atoms with van der Waals surface area (Å²) in [5.41, 5.74) is 26.6. The fourth-order valence-electron chi connectivity index (χ4n) is 19.2. The normalized spacial score (nSPS) is 11.8. The van der Waals surface area contributed by atoms with Crippen LogP contribution in [0.4, 0.5) is 4.79 Å². The Hall–Kier alpha value is -16.9. The van der Waals surface area contributed by atoms with E-state index in [1.54, 1.807) is 31.5 Å². The number of aromatic nitrogens is 7. The number of carbonyl (C=O) groups is 1. The molecule has 0 bridgehead atoms. The summed E-state index contributed by atoms with van der Waals surface area (Å²) in [4.78, 5) is 13.1. The Labute approximate surface area is 765 Å². The molecule has 0 unspecified atom stereocenters. The topological polar surface area (TPSA) is 154 Å². The van der Waals surface area contributed by atoms with Crippen LogP contribution in [-0.4, -0.2) is 46.7 Å². The van der Waals surface area contributed by atoms with E-state index in [0.29, 0.717) is 17.1 Å². The van der Waals surface area contributed by atoms with Crippen molar-refractivity contribution in [3.63, 3.8) is 0 Å². The van der Waals surface area contributed by atoms with Crippen molar-refractivity contribution in [1.82, 2.24) is 33.4 Å². The number of pyridine rings is 3. The maximum Gasteiger partial charge on any atom is 3.00 e. The molecule has 17 aromatic carbocycles. The zero-order valence-corrected chi connectivity index (χ0v) is 73.8. The summed E-state index contributed by atoms with van der Waals surface area (Å²) in [5, 5.41) is 34.4. The summed E-state index contributed by atoms with van der Waals surface area (Å²) in [5.74, 6) is 1.42. The van der Waals surface area contributed by atoms with Gasteiger partial charge >= 0.3 is 26.3 Å². The number of hydrogen-bond donors (Lipinski definition) is 0. The van der Waals surface area contributed by atoms with Crippen molar-refractivity contribution < 1.29 is 56.8 Å². The number of nitrogens with zero attached hydrogens (tertiary/aromatic N) is 7. The van der Waals surface area contributed by atoms with Crippen LogP contribution in [0.25, 0.3) is 230 Å². The van der Waals surface area contributed by atoms with Gasteiger partial charge in [0.2, 0.25) is 0 Å². The third kappa shape index (κ3) is 13.3. The van der Waals surface area contributed by atoms with Gasteiger partial charge in [-0.3, -0.25) is 13.5 Å². The second-order valence-electron chi connectivity index (χ2n) is 33.4. The van der Waals surface area contributed by atoms with Crippen molar-refractivity contribution in [1.29, 1.82) is 0 Å². The van der Waals surface area contributed by atoms with E-state index in [9.17, 15) is 4.79 Å². The first-order chi connectivity index (χ1) is 64.5. The number of benzene rings is 17. The van der Waals surface area contributed by atoms with Gasteiger partial charge in [0.25, 0.3) is 0 Å². The van der Waals surface area contributed by atoms with E-state index >= 15 is 0 Å². The Morgan fingerprint density at radius 2 is 0.629 bits per heavy atom. The Morgan fingerprint density at radius 1 is 0.273 bits per heavy atom. The standard InChI is InChI=1S/C59H34N3O5.C26H18O2.C16H11N2O.C15H9N2.Ir/c1-34-11-19-51-45(27-34)46-28-35(12-20-52(46)61(51)39-7-3-2-4-8-39)37-14-23-56-49(30-37)50-31-38(15-24-57(50)66-56)36-13-22-55-48(29-36)44-18-16-41(33-58(44)67-55)65-59(63)64-40-17-21-53-47(32-40)42-9-5-6-10-43(42)54-25-26-60-62(53)54;1-15-4-8-23-20(11-15)22-14-18(6-10-25(22)27-23)17-5-9-24-21(13-17)19-7-3-16(2)12-26(19)28-24;1-19-11-6-7-15-14(10-11)12-4-2-3-5-13(12)16-8-9-17-18(15)16;1-2-6-13-11(5-1)12-7-3-4-8-14(12)17-15(13)9-10-16-17;/h2-20,22-33H,1H3;3-14H,1-2H3;2-6,8-10H,1H3;1-7,9-10H;/q-1;;2*-1;+3. The van der Waals surface area contributed by atoms with Gasteiger partial charge in [-0.15, -0.1) is 29.7 Å². The molecular weight excluding hydrogens is 1810 g/mol. The monoisotopic (exact) mass is 1880 g/mol. The molecule has 0 amide bonds. The number of carbonyl (C=O) groups excluding carboxylic acids is 1. The fraction of sp³-hybridized carbons (Fsp3) is 0.0345. The van der Waals surface area contributed by atoms with Crippen LogP contribution in [0.3, 0.4) is 0 Å². The number of ether oxygens (including phenoxy) is 3. The molecule has 0 N–H and O–H groups in total. The summed E-state index contributed by atoms with van der Waals surface area (Å²) in [7, 11) is 1.67. The summed E-state index contributed by atoms with van der Waals surface area (Å²) in [6.45, 7) is 6.35. The average molecular weight is 1880 g/mol. The van der Waals surface area contributed by atoms with E-state index in [2.05, 4.69) is 283 Å². The third-order valence-corrected chi connectivity index (χ3v) is 25.4. The quantitative estimate of drug-likeness (QED) is 0.0648. The molecule has 0 aliphatic carbocycles. The van der Waals surface area contributed by atoms with Gasteiger partial charge in [-0.25, -0.2) is 4.79 Å². The molecule has 28 rings (SSSR count). The molecule has 11 heterocycles. The molecule has 0 spiro atoms. The molecule has 16 heteroatoms. The fourth-order valence-corrected chi connectivity index (χ4v) is 19.2. The summed E-state index contributed by atoms with van der Waals surface area (Å²) >= 11 is 0. The van der Waals surface area contributed by atoms with Crippen LogP contribution in [0.5, 0.6) is 17.2 Å². The van der Waals surface area contributed by atoms with E-state index in [0.717, 1.165) is 165 Å². The van der Waals surface area contributed by atoms with E-state index in [1.807, 2.05) is 129 Å². The smallest absolute Gasteiger partial charge is 0.554 e. The molecule has 0 radical (unpaired) electrons. The molecule has 0 fully saturated rings. The average Bonchev–Trinajstić information content (AvgIpc) is 0.842. The van der Waals surface area contributed by atoms with Crippen LogP contribution < -0.4 is 14.2 Å². The predicted molar refractivity (Wildman–Crippen MR) is 527 cm³/mol. The zero-order valence-electron chi connectivity index (χ0n) is 71.4. The maximum atomic E-state index is 13.1. The minimum atomic E-state index is -0.868. The van der Waals surface area contributed by atoms with E-state index in [4.69, 9.17) is 31.9 Å². The van der Waals surface area contributed by atoms with Crippen LogP contribution in [0, 0.1) is 39.0 Å². The van der Waals surface area contributed by atoms with Gasteiger partial charge in [-0.2, -0.15) is 51.7 Å². The Morgan fingerprint density at radius 3 is 1.14 bits per heavy atom. The van der Waals surface area contributed by atoms with Gasteiger partial charge in [-0.1, -0.05) is 190 Å². The van der Waals surface area contributed by atoms with E-state index in [1.165, 1.54) is 81.9 Å². The van der Waals surface area contributed by atoms with Crippen LogP contribution >= 0.6 is 0 Å². The summed E-state index contributed by atoms with van der Waals surface area (Å²) in [6.07, 6.45) is 4.55. The molecule has 132 heavy (non-hydrogen) atoms. The first kappa shape index (κ1) is 78.6. The minimum absolute atomic E-state index is 0. The predicted octanol–water partition coefficient (Wildman–Crippen LogP) is 30.2. The van der Waals surface area contributed by atoms with Gasteiger partial charge < -0.3 is 36.4 Å². The van der Waals surface area contributed by atoms with Gasteiger partial charge in [0.1, 0.15) is 50.4 Å². The number of furan rings is 4. The van der Waals surface area contributed by atoms with Crippen LogP contribution in [-0.2, 0) is 20.1 Å². The SMILES string of the molecule is COc1c[c-]c2c(c1)c1ccccc1c1ccnn21.Cc1ccc2c(c1)c1cc(-c3ccc4oc5ccc(-c6ccc7oc8cc(OC(=O)Oc9c[c-]c%10c(c9)c9ccccc9c9ccnn%109)ccc8c7c6)cc5c4c3)ccc1n2-c1ccccc1.Cc1ccc2c(c1)oc1ccc(-c3ccc4oc5ccc(C)cc5c4c3)cc12.[Ir+3].[c-]1cccc2c3ccccc3c3ccnn3c12. The molecule has 28 aromatic rings. The van der Waals surface area contributed by atoms with Crippen molar-refractivity contribution in [2.45, 2.75) is 20.8 Å². The van der Waals surface area contributed by atoms with Crippen molar-refractivity contribution in [2.24, 2.45) is 0 Å². The Kier molecular flexibility index (Phi) is 18.8. The number of rotatable bonds is 7. The first-order valence-corrected chi connectivity index (χ1v) is 43.3. The van der Waals surface area contributed by atoms with Crippen LogP contribution in [0.1, 0.15) is 16.7 Å². The minimum Gasteiger partial charge on any atom is -0.554 e.